The van der Waals surface area contributed by atoms with Gasteiger partial charge in [0.15, 0.2) is 0 Å². The van der Waals surface area contributed by atoms with Crippen molar-refractivity contribution in [1.29, 1.82) is 0 Å². The number of rotatable bonds is 8. The molecule has 1 aliphatic heterocycles. The van der Waals surface area contributed by atoms with Crippen LogP contribution in [0.3, 0.4) is 0 Å². The molecule has 2 unspecified atom stereocenters. The smallest absolute Gasteiger partial charge is 0.258 e. The van der Waals surface area contributed by atoms with Crippen LogP contribution in [0.15, 0.2) is 24.4 Å². The summed E-state index contributed by atoms with van der Waals surface area (Å²) >= 11 is 6.24. The molecule has 3 aliphatic rings. The highest BCUT2D eigenvalue weighted by Gasteiger charge is 2.46. The van der Waals surface area contributed by atoms with E-state index in [2.05, 4.69) is 20.2 Å². The van der Waals surface area contributed by atoms with Gasteiger partial charge in [-0.05, 0) is 61.6 Å². The molecule has 182 valence electrons. The summed E-state index contributed by atoms with van der Waals surface area (Å²) in [5.41, 5.74) is 1.35. The summed E-state index contributed by atoms with van der Waals surface area (Å²) in [5, 5.41) is 13.4. The van der Waals surface area contributed by atoms with Gasteiger partial charge in [0.1, 0.15) is 11.3 Å². The minimum atomic E-state index is -0.271. The number of nitrogens with zero attached hydrogens (tertiary/aromatic N) is 3. The predicted octanol–water partition coefficient (Wildman–Crippen LogP) is 3.25. The summed E-state index contributed by atoms with van der Waals surface area (Å²) in [5.74, 6) is 2.81. The Kier molecular flexibility index (Phi) is 6.79. The molecular formula is C25H31ClN4O4. The standard InChI is InChI=1S/C25H31ClN4O4/c1-33-22-7-2-15(10-21(22)26)8-9-34-24-20(23(32)28-18-3-5-19(31)6-4-18)12-27-25(29-24)30-13-16-11-17(16)14-30/h2,7,10,12,16-19,31H,3-6,8-9,11,13-14H2,1H3,(H,28,32)/t16?,17?,18-,19-. The number of amides is 1. The fourth-order valence-corrected chi connectivity index (χ4v) is 5.23. The Bertz CT molecular complexity index is 1030. The third kappa shape index (κ3) is 5.23. The molecule has 8 nitrogen and oxygen atoms in total. The van der Waals surface area contributed by atoms with Crippen LogP contribution in [0, 0.1) is 11.8 Å². The minimum absolute atomic E-state index is 0.0376. The second-order valence-electron chi connectivity index (χ2n) is 9.60. The van der Waals surface area contributed by atoms with Crippen LogP contribution >= 0.6 is 11.6 Å². The number of aliphatic hydroxyl groups excluding tert-OH is 1. The van der Waals surface area contributed by atoms with E-state index in [9.17, 15) is 9.90 Å². The fourth-order valence-electron chi connectivity index (χ4n) is 4.95. The third-order valence-electron chi connectivity index (χ3n) is 7.13. The first-order valence-corrected chi connectivity index (χ1v) is 12.4. The van der Waals surface area contributed by atoms with Crippen molar-refractivity contribution in [3.8, 4) is 11.6 Å². The van der Waals surface area contributed by atoms with Crippen molar-refractivity contribution in [2.75, 3.05) is 31.7 Å². The lowest BCUT2D eigenvalue weighted by molar-refractivity contribution is 0.0863. The van der Waals surface area contributed by atoms with Gasteiger partial charge in [-0.1, -0.05) is 17.7 Å². The summed E-state index contributed by atoms with van der Waals surface area (Å²) in [4.78, 5) is 24.4. The van der Waals surface area contributed by atoms with Crippen molar-refractivity contribution in [2.45, 2.75) is 50.7 Å². The zero-order valence-electron chi connectivity index (χ0n) is 19.4. The lowest BCUT2D eigenvalue weighted by Crippen LogP contribution is -2.39. The van der Waals surface area contributed by atoms with E-state index in [0.29, 0.717) is 54.0 Å². The quantitative estimate of drug-likeness (QED) is 0.591. The zero-order valence-corrected chi connectivity index (χ0v) is 20.1. The molecule has 1 aromatic carbocycles. The number of aliphatic hydroxyl groups is 1. The van der Waals surface area contributed by atoms with Gasteiger partial charge in [-0.15, -0.1) is 0 Å². The van der Waals surface area contributed by atoms with E-state index in [4.69, 9.17) is 21.1 Å². The van der Waals surface area contributed by atoms with Gasteiger partial charge in [-0.3, -0.25) is 4.79 Å². The van der Waals surface area contributed by atoms with Crippen molar-refractivity contribution >= 4 is 23.5 Å². The molecule has 0 spiro atoms. The first kappa shape index (κ1) is 23.2. The maximum atomic E-state index is 13.1. The van der Waals surface area contributed by atoms with Crippen LogP contribution in [0.2, 0.25) is 5.02 Å². The van der Waals surface area contributed by atoms with Crippen LogP contribution in [0.25, 0.3) is 0 Å². The molecule has 9 heteroatoms. The average Bonchev–Trinajstić information content (AvgIpc) is 3.45. The largest absolute Gasteiger partial charge is 0.495 e. The van der Waals surface area contributed by atoms with E-state index in [1.165, 1.54) is 6.42 Å². The van der Waals surface area contributed by atoms with Gasteiger partial charge in [0.25, 0.3) is 5.91 Å². The Morgan fingerprint density at radius 2 is 2.00 bits per heavy atom. The molecule has 2 heterocycles. The molecule has 2 aliphatic carbocycles. The van der Waals surface area contributed by atoms with E-state index in [1.807, 2.05) is 18.2 Å². The summed E-state index contributed by atoms with van der Waals surface area (Å²) in [7, 11) is 1.59. The molecule has 1 aromatic heterocycles. The number of aromatic nitrogens is 2. The van der Waals surface area contributed by atoms with Crippen LogP contribution in [-0.2, 0) is 6.42 Å². The Morgan fingerprint density at radius 3 is 2.71 bits per heavy atom. The summed E-state index contributed by atoms with van der Waals surface area (Å²) in [6.07, 6.45) is 6.13. The Morgan fingerprint density at radius 1 is 1.24 bits per heavy atom. The molecule has 0 radical (unpaired) electrons. The predicted molar refractivity (Wildman–Crippen MR) is 129 cm³/mol. The van der Waals surface area contributed by atoms with Crippen molar-refractivity contribution in [3.63, 3.8) is 0 Å². The average molecular weight is 487 g/mol. The van der Waals surface area contributed by atoms with Crippen molar-refractivity contribution in [2.24, 2.45) is 11.8 Å². The van der Waals surface area contributed by atoms with Gasteiger partial charge < -0.3 is 24.8 Å². The number of methoxy groups -OCH3 is 1. The zero-order chi connectivity index (χ0) is 23.7. The Labute approximate surface area is 204 Å². The molecule has 3 fully saturated rings. The van der Waals surface area contributed by atoms with Gasteiger partial charge in [0.2, 0.25) is 11.8 Å². The highest BCUT2D eigenvalue weighted by atomic mass is 35.5. The van der Waals surface area contributed by atoms with Gasteiger partial charge in [-0.25, -0.2) is 4.98 Å². The second-order valence-corrected chi connectivity index (χ2v) is 10.0. The summed E-state index contributed by atoms with van der Waals surface area (Å²) < 4.78 is 11.3. The van der Waals surface area contributed by atoms with Gasteiger partial charge in [0.05, 0.1) is 24.8 Å². The number of ether oxygens (including phenoxy) is 2. The first-order chi connectivity index (χ1) is 16.5. The molecule has 1 saturated heterocycles. The maximum absolute atomic E-state index is 13.1. The van der Waals surface area contributed by atoms with Gasteiger partial charge in [0, 0.05) is 31.7 Å². The highest BCUT2D eigenvalue weighted by molar-refractivity contribution is 6.32. The topological polar surface area (TPSA) is 96.8 Å². The molecular weight excluding hydrogens is 456 g/mol. The third-order valence-corrected chi connectivity index (χ3v) is 7.42. The van der Waals surface area contributed by atoms with E-state index in [0.717, 1.165) is 43.3 Å². The van der Waals surface area contributed by atoms with Crippen LogP contribution in [0.4, 0.5) is 5.95 Å². The number of hydrogen-bond donors (Lipinski definition) is 2. The highest BCUT2D eigenvalue weighted by Crippen LogP contribution is 2.45. The molecule has 2 atom stereocenters. The second kappa shape index (κ2) is 9.96. The summed E-state index contributed by atoms with van der Waals surface area (Å²) in [6.45, 7) is 2.27. The van der Waals surface area contributed by atoms with Gasteiger partial charge in [-0.2, -0.15) is 4.98 Å². The van der Waals surface area contributed by atoms with E-state index in [-0.39, 0.29) is 18.1 Å². The molecule has 1 amide bonds. The van der Waals surface area contributed by atoms with Crippen LogP contribution in [-0.4, -0.2) is 59.9 Å². The van der Waals surface area contributed by atoms with Crippen molar-refractivity contribution in [3.05, 3.63) is 40.5 Å². The van der Waals surface area contributed by atoms with Crippen molar-refractivity contribution in [1.82, 2.24) is 15.3 Å². The summed E-state index contributed by atoms with van der Waals surface area (Å²) in [6, 6.07) is 5.67. The first-order valence-electron chi connectivity index (χ1n) is 12.1. The number of fused-ring (bicyclic) bond motifs is 1. The van der Waals surface area contributed by atoms with E-state index in [1.54, 1.807) is 13.3 Å². The Balaban J connectivity index is 1.29. The normalized spacial score (nSPS) is 25.6. The number of hydrogen-bond acceptors (Lipinski definition) is 7. The monoisotopic (exact) mass is 486 g/mol. The number of piperidine rings is 1. The maximum Gasteiger partial charge on any atom is 0.258 e. The number of anilines is 1. The lowest BCUT2D eigenvalue weighted by atomic mass is 9.93. The molecule has 5 rings (SSSR count). The van der Waals surface area contributed by atoms with Crippen LogP contribution in [0.5, 0.6) is 11.6 Å². The lowest BCUT2D eigenvalue weighted by Gasteiger charge is -2.26. The van der Waals surface area contributed by atoms with E-state index >= 15 is 0 Å². The number of halogens is 1. The van der Waals surface area contributed by atoms with E-state index < -0.39 is 0 Å². The van der Waals surface area contributed by atoms with Crippen molar-refractivity contribution < 1.29 is 19.4 Å². The fraction of sp³-hybridized carbons (Fsp3) is 0.560. The molecule has 2 N–H and O–H groups in total. The number of carbonyl (C=O) groups is 1. The molecule has 0 bridgehead atoms. The minimum Gasteiger partial charge on any atom is -0.495 e. The SMILES string of the molecule is COc1ccc(CCOc2nc(N3CC4CC4C3)ncc2C(=O)N[C@H]2CC[C@H](O)CC2)cc1Cl. The number of benzene rings is 1. The number of carbonyl (C=O) groups excluding carboxylic acids is 1. The Hall–Kier alpha value is -2.58. The van der Waals surface area contributed by atoms with Crippen LogP contribution < -0.4 is 19.7 Å². The van der Waals surface area contributed by atoms with Gasteiger partial charge >= 0.3 is 0 Å². The molecule has 34 heavy (non-hydrogen) atoms. The van der Waals surface area contributed by atoms with Crippen LogP contribution in [0.1, 0.15) is 48.0 Å². The molecule has 2 aromatic rings. The number of nitrogens with one attached hydrogen (secondary N) is 1. The molecule has 2 saturated carbocycles.